The molecule has 2 rings (SSSR count). The number of rotatable bonds is 7. The van der Waals surface area contributed by atoms with Gasteiger partial charge in [-0.15, -0.1) is 0 Å². The second-order valence-electron chi connectivity index (χ2n) is 7.15. The third-order valence-corrected chi connectivity index (χ3v) is 5.19. The summed E-state index contributed by atoms with van der Waals surface area (Å²) in [7, 11) is 0. The molecule has 0 radical (unpaired) electrons. The molecular formula is C19H27NO5. The molecule has 6 nitrogen and oxygen atoms in total. The Labute approximate surface area is 147 Å². The van der Waals surface area contributed by atoms with Crippen molar-refractivity contribution in [3.63, 3.8) is 0 Å². The first-order chi connectivity index (χ1) is 11.8. The summed E-state index contributed by atoms with van der Waals surface area (Å²) in [5.74, 6) is -1.58. The number of carbonyl (C=O) groups is 2. The van der Waals surface area contributed by atoms with Crippen LogP contribution in [0.4, 0.5) is 0 Å². The van der Waals surface area contributed by atoms with Gasteiger partial charge in [-0.3, -0.25) is 4.79 Å². The van der Waals surface area contributed by atoms with Gasteiger partial charge in [0.1, 0.15) is 6.04 Å². The molecule has 4 N–H and O–H groups in total. The molecule has 2 atom stereocenters. The number of aliphatic hydroxyl groups is 2. The van der Waals surface area contributed by atoms with Gasteiger partial charge in [0.2, 0.25) is 5.91 Å². The Bertz CT molecular complexity index is 579. The quantitative estimate of drug-likeness (QED) is 0.594. The van der Waals surface area contributed by atoms with Gasteiger partial charge in [0.25, 0.3) is 0 Å². The maximum absolute atomic E-state index is 12.4. The van der Waals surface area contributed by atoms with Crippen LogP contribution in [0.25, 0.3) is 0 Å². The average Bonchev–Trinajstić information content (AvgIpc) is 2.62. The molecule has 6 heteroatoms. The summed E-state index contributed by atoms with van der Waals surface area (Å²) < 4.78 is 0. The van der Waals surface area contributed by atoms with Gasteiger partial charge >= 0.3 is 5.97 Å². The standard InChI is InChI=1S/C19H27NO5/c1-19(25,12-21)15-9-7-14(8-10-15)17(22)20-16(18(23)24)11-13-5-3-2-4-6-13/h2-6,14-16,21,25H,7-12H2,1H3,(H,20,22)(H,23,24)/t14?,15?,16-,19+/m1/s1. The summed E-state index contributed by atoms with van der Waals surface area (Å²) >= 11 is 0. The largest absolute Gasteiger partial charge is 0.480 e. The lowest BCUT2D eigenvalue weighted by Crippen LogP contribution is -2.47. The molecule has 1 aliphatic carbocycles. The number of carbonyl (C=O) groups excluding carboxylic acids is 1. The van der Waals surface area contributed by atoms with Crippen LogP contribution in [0.1, 0.15) is 38.2 Å². The second-order valence-corrected chi connectivity index (χ2v) is 7.15. The van der Waals surface area contributed by atoms with Gasteiger partial charge in [0.05, 0.1) is 12.2 Å². The molecule has 0 aromatic heterocycles. The summed E-state index contributed by atoms with van der Waals surface area (Å²) in [6.07, 6.45) is 2.70. The van der Waals surface area contributed by atoms with Gasteiger partial charge in [-0.05, 0) is 44.1 Å². The Morgan fingerprint density at radius 1 is 1.20 bits per heavy atom. The number of hydrogen-bond acceptors (Lipinski definition) is 4. The highest BCUT2D eigenvalue weighted by molar-refractivity contribution is 5.85. The van der Waals surface area contributed by atoms with Crippen molar-refractivity contribution in [2.45, 2.75) is 50.7 Å². The van der Waals surface area contributed by atoms with Crippen molar-refractivity contribution in [2.24, 2.45) is 11.8 Å². The zero-order valence-electron chi connectivity index (χ0n) is 14.5. The Kier molecular flexibility index (Phi) is 6.56. The first kappa shape index (κ1) is 19.4. The smallest absolute Gasteiger partial charge is 0.326 e. The van der Waals surface area contributed by atoms with Crippen LogP contribution in [-0.4, -0.2) is 45.4 Å². The van der Waals surface area contributed by atoms with Gasteiger partial charge in [0.15, 0.2) is 0 Å². The topological polar surface area (TPSA) is 107 Å². The fraction of sp³-hybridized carbons (Fsp3) is 0.579. The van der Waals surface area contributed by atoms with Crippen molar-refractivity contribution in [3.8, 4) is 0 Å². The van der Waals surface area contributed by atoms with E-state index in [0.29, 0.717) is 25.7 Å². The molecule has 0 unspecified atom stereocenters. The van der Waals surface area contributed by atoms with Gasteiger partial charge in [-0.2, -0.15) is 0 Å². The van der Waals surface area contributed by atoms with E-state index < -0.39 is 17.6 Å². The molecule has 0 aliphatic heterocycles. The fourth-order valence-corrected chi connectivity index (χ4v) is 3.45. The average molecular weight is 349 g/mol. The van der Waals surface area contributed by atoms with E-state index in [4.69, 9.17) is 0 Å². The molecular weight excluding hydrogens is 322 g/mol. The van der Waals surface area contributed by atoms with Gasteiger partial charge < -0.3 is 20.6 Å². The zero-order valence-corrected chi connectivity index (χ0v) is 14.5. The molecule has 1 aromatic rings. The molecule has 1 fully saturated rings. The number of aliphatic hydroxyl groups excluding tert-OH is 1. The number of carboxylic acids is 1. The highest BCUT2D eigenvalue weighted by atomic mass is 16.4. The third kappa shape index (κ3) is 5.28. The SMILES string of the molecule is C[C@](O)(CO)C1CCC(C(=O)N[C@H](Cc2ccccc2)C(=O)O)CC1. The van der Waals surface area contributed by atoms with Crippen LogP contribution in [0.3, 0.4) is 0 Å². The Morgan fingerprint density at radius 3 is 2.32 bits per heavy atom. The maximum Gasteiger partial charge on any atom is 0.326 e. The first-order valence-corrected chi connectivity index (χ1v) is 8.74. The molecule has 0 saturated heterocycles. The van der Waals surface area contributed by atoms with E-state index in [1.165, 1.54) is 0 Å². The van der Waals surface area contributed by atoms with Crippen molar-refractivity contribution in [2.75, 3.05) is 6.61 Å². The highest BCUT2D eigenvalue weighted by Gasteiger charge is 2.37. The predicted molar refractivity (Wildman–Crippen MR) is 92.9 cm³/mol. The summed E-state index contributed by atoms with van der Waals surface area (Å²) in [5.41, 5.74) is -0.267. The van der Waals surface area contributed by atoms with Crippen LogP contribution in [0.5, 0.6) is 0 Å². The van der Waals surface area contributed by atoms with E-state index in [1.54, 1.807) is 6.92 Å². The molecule has 1 amide bonds. The molecule has 1 saturated carbocycles. The van der Waals surface area contributed by atoms with E-state index in [9.17, 15) is 24.9 Å². The normalized spacial score (nSPS) is 24.1. The molecule has 25 heavy (non-hydrogen) atoms. The minimum atomic E-state index is -1.13. The number of amides is 1. The molecule has 0 bridgehead atoms. The fourth-order valence-electron chi connectivity index (χ4n) is 3.45. The molecule has 138 valence electrons. The maximum atomic E-state index is 12.4. The predicted octanol–water partition coefficient (Wildman–Crippen LogP) is 1.35. The van der Waals surface area contributed by atoms with Crippen LogP contribution >= 0.6 is 0 Å². The lowest BCUT2D eigenvalue weighted by atomic mass is 9.74. The third-order valence-electron chi connectivity index (χ3n) is 5.19. The van der Waals surface area contributed by atoms with E-state index >= 15 is 0 Å². The lowest BCUT2D eigenvalue weighted by Gasteiger charge is -2.36. The summed E-state index contributed by atoms with van der Waals surface area (Å²) in [5, 5.41) is 31.4. The minimum Gasteiger partial charge on any atom is -0.480 e. The van der Waals surface area contributed by atoms with E-state index in [2.05, 4.69) is 5.32 Å². The van der Waals surface area contributed by atoms with Crippen molar-refractivity contribution < 1.29 is 24.9 Å². The van der Waals surface area contributed by atoms with Gasteiger partial charge in [-0.25, -0.2) is 4.79 Å². The van der Waals surface area contributed by atoms with Crippen molar-refractivity contribution in [3.05, 3.63) is 35.9 Å². The first-order valence-electron chi connectivity index (χ1n) is 8.74. The number of aliphatic carboxylic acids is 1. The van der Waals surface area contributed by atoms with Crippen LogP contribution in [0, 0.1) is 11.8 Å². The summed E-state index contributed by atoms with van der Waals surface area (Å²) in [4.78, 5) is 23.9. The molecule has 0 heterocycles. The summed E-state index contributed by atoms with van der Waals surface area (Å²) in [6.45, 7) is 1.31. The Balaban J connectivity index is 1.90. The van der Waals surface area contributed by atoms with E-state index in [-0.39, 0.29) is 30.8 Å². The second kappa shape index (κ2) is 8.45. The van der Waals surface area contributed by atoms with Crippen molar-refractivity contribution >= 4 is 11.9 Å². The van der Waals surface area contributed by atoms with Gasteiger partial charge in [-0.1, -0.05) is 30.3 Å². The number of benzene rings is 1. The number of carboxylic acid groups (broad SMARTS) is 1. The molecule has 0 spiro atoms. The Hall–Kier alpha value is -1.92. The Morgan fingerprint density at radius 2 is 1.80 bits per heavy atom. The van der Waals surface area contributed by atoms with Crippen molar-refractivity contribution in [1.82, 2.24) is 5.32 Å². The van der Waals surface area contributed by atoms with Crippen LogP contribution in [0.2, 0.25) is 0 Å². The van der Waals surface area contributed by atoms with E-state index in [1.807, 2.05) is 30.3 Å². The van der Waals surface area contributed by atoms with Crippen LogP contribution in [0.15, 0.2) is 30.3 Å². The van der Waals surface area contributed by atoms with E-state index in [0.717, 1.165) is 5.56 Å². The summed E-state index contributed by atoms with van der Waals surface area (Å²) in [6, 6.07) is 8.26. The molecule has 1 aromatic carbocycles. The molecule has 1 aliphatic rings. The van der Waals surface area contributed by atoms with Crippen LogP contribution < -0.4 is 5.32 Å². The lowest BCUT2D eigenvalue weighted by molar-refractivity contribution is -0.143. The monoisotopic (exact) mass is 349 g/mol. The zero-order chi connectivity index (χ0) is 18.4. The minimum absolute atomic E-state index is 0.0406. The van der Waals surface area contributed by atoms with Gasteiger partial charge in [0, 0.05) is 12.3 Å². The van der Waals surface area contributed by atoms with Crippen molar-refractivity contribution in [1.29, 1.82) is 0 Å². The van der Waals surface area contributed by atoms with Crippen LogP contribution in [-0.2, 0) is 16.0 Å². The number of nitrogens with one attached hydrogen (secondary N) is 1. The highest BCUT2D eigenvalue weighted by Crippen LogP contribution is 2.35. The number of hydrogen-bond donors (Lipinski definition) is 4.